The van der Waals surface area contributed by atoms with Gasteiger partial charge in [0.05, 0.1) is 0 Å². The van der Waals surface area contributed by atoms with E-state index in [2.05, 4.69) is 32.6 Å². The number of unbranched alkanes of at least 4 members (excludes halogenated alkanes) is 1. The van der Waals surface area contributed by atoms with Crippen molar-refractivity contribution in [2.45, 2.75) is 53.4 Å². The molecule has 0 aromatic rings. The maximum Gasteiger partial charge on any atom is -0.00183 e. The molecule has 0 radical (unpaired) electrons. The average molecular weight is 185 g/mol. The Balaban J connectivity index is 0.000000310. The van der Waals surface area contributed by atoms with Gasteiger partial charge >= 0.3 is 0 Å². The highest BCUT2D eigenvalue weighted by atomic mass is 15.1. The molecule has 0 spiro atoms. The van der Waals surface area contributed by atoms with Crippen molar-refractivity contribution in [3.63, 3.8) is 0 Å². The smallest absolute Gasteiger partial charge is 0.00183 e. The minimum absolute atomic E-state index is 0.833. The number of rotatable bonds is 3. The summed E-state index contributed by atoms with van der Waals surface area (Å²) in [5.41, 5.74) is 0. The molecule has 0 unspecified atom stereocenters. The molecule has 0 aliphatic carbocycles. The van der Waals surface area contributed by atoms with Gasteiger partial charge in [-0.25, -0.2) is 0 Å². The summed E-state index contributed by atoms with van der Waals surface area (Å²) in [6.07, 6.45) is 5.60. The van der Waals surface area contributed by atoms with Crippen LogP contribution in [0.5, 0.6) is 0 Å². The van der Waals surface area contributed by atoms with E-state index in [4.69, 9.17) is 0 Å². The van der Waals surface area contributed by atoms with Gasteiger partial charge in [-0.2, -0.15) is 0 Å². The van der Waals surface area contributed by atoms with Crippen molar-refractivity contribution in [3.8, 4) is 0 Å². The standard InChI is InChI=1S/C8H17N.C4H10/c1-2-3-6-9-7-4-5-8-9;1-4(2)3/h2-8H2,1H3;4H,1-3H3. The minimum Gasteiger partial charge on any atom is -0.303 e. The second-order valence-electron chi connectivity index (χ2n) is 4.63. The molecule has 1 rings (SSSR count). The third-order valence-corrected chi connectivity index (χ3v) is 2.03. The predicted molar refractivity (Wildman–Crippen MR) is 61.1 cm³/mol. The van der Waals surface area contributed by atoms with Crippen molar-refractivity contribution < 1.29 is 0 Å². The second-order valence-corrected chi connectivity index (χ2v) is 4.63. The molecule has 0 N–H and O–H groups in total. The van der Waals surface area contributed by atoms with Crippen molar-refractivity contribution in [2.24, 2.45) is 5.92 Å². The van der Waals surface area contributed by atoms with Gasteiger partial charge < -0.3 is 4.90 Å². The first kappa shape index (κ1) is 13.0. The molecule has 1 heterocycles. The summed E-state index contributed by atoms with van der Waals surface area (Å²) < 4.78 is 0. The highest BCUT2D eigenvalue weighted by molar-refractivity contribution is 4.64. The van der Waals surface area contributed by atoms with E-state index in [-0.39, 0.29) is 0 Å². The van der Waals surface area contributed by atoms with E-state index < -0.39 is 0 Å². The largest absolute Gasteiger partial charge is 0.303 e. The lowest BCUT2D eigenvalue weighted by Gasteiger charge is -2.12. The third-order valence-electron chi connectivity index (χ3n) is 2.03. The number of hydrogen-bond acceptors (Lipinski definition) is 1. The summed E-state index contributed by atoms with van der Waals surface area (Å²) >= 11 is 0. The van der Waals surface area contributed by atoms with Gasteiger partial charge in [0.1, 0.15) is 0 Å². The lowest BCUT2D eigenvalue weighted by Crippen LogP contribution is -2.19. The monoisotopic (exact) mass is 185 g/mol. The van der Waals surface area contributed by atoms with Gasteiger partial charge in [-0.15, -0.1) is 0 Å². The molecule has 1 nitrogen and oxygen atoms in total. The van der Waals surface area contributed by atoms with Crippen LogP contribution in [0.4, 0.5) is 0 Å². The van der Waals surface area contributed by atoms with Gasteiger partial charge in [0, 0.05) is 0 Å². The van der Waals surface area contributed by atoms with Crippen LogP contribution in [0.2, 0.25) is 0 Å². The highest BCUT2D eigenvalue weighted by Gasteiger charge is 2.08. The Kier molecular flexibility index (Phi) is 8.53. The summed E-state index contributed by atoms with van der Waals surface area (Å²) in [7, 11) is 0. The Bertz CT molecular complexity index is 90.5. The van der Waals surface area contributed by atoms with Crippen LogP contribution in [0.3, 0.4) is 0 Å². The van der Waals surface area contributed by atoms with Gasteiger partial charge in [0.15, 0.2) is 0 Å². The molecular weight excluding hydrogens is 158 g/mol. The first-order valence-electron chi connectivity index (χ1n) is 5.89. The maximum atomic E-state index is 2.57. The first-order chi connectivity index (χ1) is 6.16. The molecule has 0 aromatic heterocycles. The number of hydrogen-bond donors (Lipinski definition) is 0. The molecule has 0 bridgehead atoms. The van der Waals surface area contributed by atoms with Crippen molar-refractivity contribution in [3.05, 3.63) is 0 Å². The zero-order valence-electron chi connectivity index (χ0n) is 9.97. The Labute approximate surface area is 84.5 Å². The van der Waals surface area contributed by atoms with E-state index in [1.54, 1.807) is 0 Å². The zero-order chi connectivity index (χ0) is 10.1. The molecule has 0 saturated carbocycles. The van der Waals surface area contributed by atoms with Crippen LogP contribution in [0, 0.1) is 5.92 Å². The molecule has 1 heteroatoms. The van der Waals surface area contributed by atoms with E-state index in [1.165, 1.54) is 45.3 Å². The lowest BCUT2D eigenvalue weighted by molar-refractivity contribution is 0.332. The predicted octanol–water partition coefficient (Wildman–Crippen LogP) is 3.54. The van der Waals surface area contributed by atoms with Crippen molar-refractivity contribution in [2.75, 3.05) is 19.6 Å². The summed E-state index contributed by atoms with van der Waals surface area (Å²) in [5, 5.41) is 0. The van der Waals surface area contributed by atoms with E-state index in [1.807, 2.05) is 0 Å². The zero-order valence-corrected chi connectivity index (χ0v) is 9.97. The molecule has 0 amide bonds. The molecule has 0 atom stereocenters. The van der Waals surface area contributed by atoms with Crippen LogP contribution in [-0.4, -0.2) is 24.5 Å². The fourth-order valence-corrected chi connectivity index (χ4v) is 1.39. The molecule has 1 aliphatic heterocycles. The van der Waals surface area contributed by atoms with E-state index in [9.17, 15) is 0 Å². The van der Waals surface area contributed by atoms with Crippen LogP contribution in [0.15, 0.2) is 0 Å². The SMILES string of the molecule is CC(C)C.CCCCN1CCCC1. The van der Waals surface area contributed by atoms with Crippen LogP contribution < -0.4 is 0 Å². The van der Waals surface area contributed by atoms with E-state index in [0.29, 0.717) is 0 Å². The summed E-state index contributed by atoms with van der Waals surface area (Å²) in [6, 6.07) is 0. The first-order valence-corrected chi connectivity index (χ1v) is 5.89. The summed E-state index contributed by atoms with van der Waals surface area (Å²) in [5.74, 6) is 0.833. The van der Waals surface area contributed by atoms with Crippen LogP contribution in [0.25, 0.3) is 0 Å². The quantitative estimate of drug-likeness (QED) is 0.650. The molecule has 0 aromatic carbocycles. The second kappa shape index (κ2) is 8.55. The number of nitrogens with zero attached hydrogens (tertiary/aromatic N) is 1. The highest BCUT2D eigenvalue weighted by Crippen LogP contribution is 2.07. The summed E-state index contributed by atoms with van der Waals surface area (Å²) in [6.45, 7) is 12.8. The van der Waals surface area contributed by atoms with E-state index >= 15 is 0 Å². The van der Waals surface area contributed by atoms with Crippen LogP contribution in [-0.2, 0) is 0 Å². The van der Waals surface area contributed by atoms with Crippen LogP contribution >= 0.6 is 0 Å². The van der Waals surface area contributed by atoms with Gasteiger partial charge in [-0.05, 0) is 44.8 Å². The van der Waals surface area contributed by atoms with Gasteiger partial charge in [0.25, 0.3) is 0 Å². The molecular formula is C12H27N. The third kappa shape index (κ3) is 9.88. The summed E-state index contributed by atoms with van der Waals surface area (Å²) in [4.78, 5) is 2.57. The fraction of sp³-hybridized carbons (Fsp3) is 1.00. The van der Waals surface area contributed by atoms with Crippen molar-refractivity contribution in [1.82, 2.24) is 4.90 Å². The van der Waals surface area contributed by atoms with Gasteiger partial charge in [0.2, 0.25) is 0 Å². The van der Waals surface area contributed by atoms with Gasteiger partial charge in [-0.1, -0.05) is 34.1 Å². The molecule has 1 fully saturated rings. The molecule has 1 saturated heterocycles. The molecule has 13 heavy (non-hydrogen) atoms. The molecule has 80 valence electrons. The normalized spacial score (nSPS) is 17.3. The topological polar surface area (TPSA) is 3.24 Å². The van der Waals surface area contributed by atoms with Crippen molar-refractivity contribution in [1.29, 1.82) is 0 Å². The molecule has 1 aliphatic rings. The Morgan fingerprint density at radius 1 is 1.08 bits per heavy atom. The Morgan fingerprint density at radius 2 is 1.54 bits per heavy atom. The van der Waals surface area contributed by atoms with Crippen molar-refractivity contribution >= 4 is 0 Å². The lowest BCUT2D eigenvalue weighted by atomic mass is 10.3. The minimum atomic E-state index is 0.833. The number of likely N-dealkylation sites (tertiary alicyclic amines) is 1. The Hall–Kier alpha value is -0.0400. The van der Waals surface area contributed by atoms with E-state index in [0.717, 1.165) is 5.92 Å². The fourth-order valence-electron chi connectivity index (χ4n) is 1.39. The van der Waals surface area contributed by atoms with Crippen LogP contribution in [0.1, 0.15) is 53.4 Å². The average Bonchev–Trinajstić information content (AvgIpc) is 2.51. The maximum absolute atomic E-state index is 2.57. The Morgan fingerprint density at radius 3 is 1.92 bits per heavy atom. The van der Waals surface area contributed by atoms with Gasteiger partial charge in [-0.3, -0.25) is 0 Å².